The number of aliphatic hydroxyl groups is 1. The normalized spacial score (nSPS) is 29.0. The Hall–Kier alpha value is -2.06. The molecule has 1 fully saturated rings. The number of nitrogens with one attached hydrogen (secondary N) is 1. The van der Waals surface area contributed by atoms with E-state index in [0.29, 0.717) is 12.0 Å². The first-order valence-electron chi connectivity index (χ1n) is 9.24. The van der Waals surface area contributed by atoms with E-state index >= 15 is 0 Å². The zero-order valence-electron chi connectivity index (χ0n) is 15.2. The SMILES string of the molecule is CCCCCc1cnnn1[C@H]1C[C@H](C2C=C(C)C(=O)NC2=O)O[C@@H]1CO. The van der Waals surface area contributed by atoms with Crippen LogP contribution in [0, 0.1) is 5.92 Å². The Kier molecular flexibility index (Phi) is 5.83. The van der Waals surface area contributed by atoms with E-state index in [-0.39, 0.29) is 24.5 Å². The summed E-state index contributed by atoms with van der Waals surface area (Å²) in [6.45, 7) is 3.67. The van der Waals surface area contributed by atoms with Gasteiger partial charge in [-0.1, -0.05) is 31.1 Å². The van der Waals surface area contributed by atoms with Gasteiger partial charge in [0.05, 0.1) is 36.6 Å². The topological polar surface area (TPSA) is 106 Å². The second-order valence-corrected chi connectivity index (χ2v) is 7.02. The van der Waals surface area contributed by atoms with Crippen molar-refractivity contribution in [1.29, 1.82) is 0 Å². The Bertz CT molecular complexity index is 699. The maximum atomic E-state index is 12.2. The molecular weight excluding hydrogens is 336 g/mol. The number of aliphatic hydroxyl groups excluding tert-OH is 1. The molecule has 1 aromatic rings. The average molecular weight is 362 g/mol. The molecule has 8 nitrogen and oxygen atoms in total. The number of hydrogen-bond donors (Lipinski definition) is 2. The molecule has 0 bridgehead atoms. The number of carbonyl (C=O) groups excluding carboxylic acids is 2. The first kappa shape index (κ1) is 18.7. The number of aryl methyl sites for hydroxylation is 1. The number of hydrogen-bond acceptors (Lipinski definition) is 6. The predicted octanol–water partition coefficient (Wildman–Crippen LogP) is 0.921. The van der Waals surface area contributed by atoms with Gasteiger partial charge in [-0.15, -0.1) is 5.10 Å². The van der Waals surface area contributed by atoms with Crippen LogP contribution in [0.2, 0.25) is 0 Å². The minimum absolute atomic E-state index is 0.161. The third-order valence-corrected chi connectivity index (χ3v) is 5.16. The number of aromatic nitrogens is 3. The van der Waals surface area contributed by atoms with Crippen LogP contribution < -0.4 is 5.32 Å². The van der Waals surface area contributed by atoms with Crippen molar-refractivity contribution >= 4 is 11.8 Å². The number of carbonyl (C=O) groups is 2. The van der Waals surface area contributed by atoms with Crippen LogP contribution in [0.1, 0.15) is 51.3 Å². The van der Waals surface area contributed by atoms with E-state index in [9.17, 15) is 14.7 Å². The fraction of sp³-hybridized carbons (Fsp3) is 0.667. The zero-order valence-corrected chi connectivity index (χ0v) is 15.2. The van der Waals surface area contributed by atoms with Gasteiger partial charge in [-0.2, -0.15) is 0 Å². The molecule has 142 valence electrons. The van der Waals surface area contributed by atoms with Gasteiger partial charge in [-0.25, -0.2) is 4.68 Å². The van der Waals surface area contributed by atoms with Crippen molar-refractivity contribution in [1.82, 2.24) is 20.3 Å². The van der Waals surface area contributed by atoms with Gasteiger partial charge in [0.15, 0.2) is 0 Å². The molecule has 3 rings (SSSR count). The van der Waals surface area contributed by atoms with Crippen LogP contribution in [0.5, 0.6) is 0 Å². The predicted molar refractivity (Wildman–Crippen MR) is 93.0 cm³/mol. The molecule has 0 aromatic carbocycles. The summed E-state index contributed by atoms with van der Waals surface area (Å²) in [5.41, 5.74) is 1.52. The smallest absolute Gasteiger partial charge is 0.253 e. The summed E-state index contributed by atoms with van der Waals surface area (Å²) in [6, 6.07) is -0.178. The molecule has 4 atom stereocenters. The lowest BCUT2D eigenvalue weighted by Crippen LogP contribution is -2.44. The molecule has 26 heavy (non-hydrogen) atoms. The van der Waals surface area contributed by atoms with E-state index in [0.717, 1.165) is 31.4 Å². The minimum atomic E-state index is -0.543. The van der Waals surface area contributed by atoms with Gasteiger partial charge in [-0.3, -0.25) is 14.9 Å². The van der Waals surface area contributed by atoms with Gasteiger partial charge in [0.2, 0.25) is 5.91 Å². The molecule has 1 unspecified atom stereocenters. The van der Waals surface area contributed by atoms with Crippen LogP contribution in [0.4, 0.5) is 0 Å². The van der Waals surface area contributed by atoms with Crippen molar-refractivity contribution < 1.29 is 19.4 Å². The Morgan fingerprint density at radius 2 is 2.19 bits per heavy atom. The number of amides is 2. The van der Waals surface area contributed by atoms with E-state index < -0.39 is 18.1 Å². The zero-order chi connectivity index (χ0) is 18.7. The van der Waals surface area contributed by atoms with Crippen molar-refractivity contribution in [3.05, 3.63) is 23.5 Å². The van der Waals surface area contributed by atoms with Crippen molar-refractivity contribution in [3.8, 4) is 0 Å². The molecule has 1 aromatic heterocycles. The summed E-state index contributed by atoms with van der Waals surface area (Å²) in [4.78, 5) is 23.8. The maximum absolute atomic E-state index is 12.2. The van der Waals surface area contributed by atoms with Crippen LogP contribution in [-0.2, 0) is 20.7 Å². The summed E-state index contributed by atoms with van der Waals surface area (Å²) in [5, 5.41) is 20.4. The molecule has 0 saturated carbocycles. The highest BCUT2D eigenvalue weighted by atomic mass is 16.5. The van der Waals surface area contributed by atoms with Crippen molar-refractivity contribution in [3.63, 3.8) is 0 Å². The minimum Gasteiger partial charge on any atom is -0.394 e. The molecule has 2 N–H and O–H groups in total. The molecule has 2 aliphatic heterocycles. The number of ether oxygens (including phenoxy) is 1. The molecular formula is C18H26N4O4. The van der Waals surface area contributed by atoms with Crippen molar-refractivity contribution in [2.24, 2.45) is 5.92 Å². The van der Waals surface area contributed by atoms with Crippen LogP contribution in [0.25, 0.3) is 0 Å². The monoisotopic (exact) mass is 362 g/mol. The van der Waals surface area contributed by atoms with E-state index in [4.69, 9.17) is 4.74 Å². The lowest BCUT2D eigenvalue weighted by atomic mass is 9.92. The maximum Gasteiger partial charge on any atom is 0.253 e. The van der Waals surface area contributed by atoms with Gasteiger partial charge in [-0.05, 0) is 26.2 Å². The summed E-state index contributed by atoms with van der Waals surface area (Å²) < 4.78 is 7.80. The summed E-state index contributed by atoms with van der Waals surface area (Å²) in [7, 11) is 0. The van der Waals surface area contributed by atoms with E-state index in [1.807, 2.05) is 4.68 Å². The number of imide groups is 1. The fourth-order valence-corrected chi connectivity index (χ4v) is 3.68. The van der Waals surface area contributed by atoms with Crippen molar-refractivity contribution in [2.45, 2.75) is 64.2 Å². The molecule has 2 amide bonds. The Morgan fingerprint density at radius 3 is 2.92 bits per heavy atom. The molecule has 0 spiro atoms. The number of rotatable bonds is 7. The second kappa shape index (κ2) is 8.09. The summed E-state index contributed by atoms with van der Waals surface area (Å²) >= 11 is 0. The first-order valence-corrected chi connectivity index (χ1v) is 9.24. The van der Waals surface area contributed by atoms with Gasteiger partial charge >= 0.3 is 0 Å². The highest BCUT2D eigenvalue weighted by Crippen LogP contribution is 2.36. The third kappa shape index (κ3) is 3.71. The molecule has 1 saturated heterocycles. The highest BCUT2D eigenvalue weighted by Gasteiger charge is 2.44. The Balaban J connectivity index is 1.77. The van der Waals surface area contributed by atoms with Gasteiger partial charge in [0.25, 0.3) is 5.91 Å². The average Bonchev–Trinajstić information content (AvgIpc) is 3.24. The molecule has 3 heterocycles. The van der Waals surface area contributed by atoms with Crippen LogP contribution in [0.3, 0.4) is 0 Å². The quantitative estimate of drug-likeness (QED) is 0.552. The lowest BCUT2D eigenvalue weighted by Gasteiger charge is -2.23. The van der Waals surface area contributed by atoms with Gasteiger partial charge in [0.1, 0.15) is 6.10 Å². The van der Waals surface area contributed by atoms with Gasteiger partial charge in [0, 0.05) is 5.57 Å². The first-order chi connectivity index (χ1) is 12.5. The summed E-state index contributed by atoms with van der Waals surface area (Å²) in [6.07, 6.45) is 7.29. The van der Waals surface area contributed by atoms with E-state index in [2.05, 4.69) is 22.6 Å². The third-order valence-electron chi connectivity index (χ3n) is 5.16. The highest BCUT2D eigenvalue weighted by molar-refractivity contribution is 6.08. The Labute approximate surface area is 152 Å². The van der Waals surface area contributed by atoms with Gasteiger partial charge < -0.3 is 9.84 Å². The van der Waals surface area contributed by atoms with Crippen LogP contribution in [0.15, 0.2) is 17.8 Å². The van der Waals surface area contributed by atoms with E-state index in [1.165, 1.54) is 0 Å². The largest absolute Gasteiger partial charge is 0.394 e. The number of nitrogens with zero attached hydrogens (tertiary/aromatic N) is 3. The van der Waals surface area contributed by atoms with Crippen LogP contribution >= 0.6 is 0 Å². The van der Waals surface area contributed by atoms with Crippen molar-refractivity contribution in [2.75, 3.05) is 6.61 Å². The number of unbranched alkanes of at least 4 members (excludes halogenated alkanes) is 2. The molecule has 2 aliphatic rings. The molecule has 0 aliphatic carbocycles. The van der Waals surface area contributed by atoms with Crippen LogP contribution in [-0.4, -0.2) is 50.7 Å². The standard InChI is InChI=1S/C18H26N4O4/c1-3-4-5-6-12-9-19-21-22(12)14-8-15(26-16(14)10-23)13-7-11(2)17(24)20-18(13)25/h7,9,13-16,23H,3-6,8,10H2,1-2H3,(H,20,24,25)/t13?,14-,15+,16+/m0/s1. The fourth-order valence-electron chi connectivity index (χ4n) is 3.68. The molecule has 0 radical (unpaired) electrons. The Morgan fingerprint density at radius 1 is 1.38 bits per heavy atom. The lowest BCUT2D eigenvalue weighted by molar-refractivity contribution is -0.134. The summed E-state index contributed by atoms with van der Waals surface area (Å²) in [5.74, 6) is -1.27. The van der Waals surface area contributed by atoms with E-state index in [1.54, 1.807) is 19.2 Å². The molecule has 8 heteroatoms. The second-order valence-electron chi connectivity index (χ2n) is 7.02.